The molecule has 0 aliphatic heterocycles. The van der Waals surface area contributed by atoms with Crippen molar-refractivity contribution < 1.29 is 19.4 Å². The van der Waals surface area contributed by atoms with Crippen molar-refractivity contribution in [3.8, 4) is 17.2 Å². The molecule has 1 N–H and O–H groups in total. The van der Waals surface area contributed by atoms with E-state index in [0.717, 1.165) is 12.1 Å². The van der Waals surface area contributed by atoms with Gasteiger partial charge in [0.05, 0.1) is 21.3 Å². The molecular weight excluding hydrogens is 404 g/mol. The third kappa shape index (κ3) is 3.64. The van der Waals surface area contributed by atoms with E-state index in [4.69, 9.17) is 14.2 Å². The molecule has 0 saturated heterocycles. The van der Waals surface area contributed by atoms with E-state index in [0.29, 0.717) is 28.5 Å². The molecule has 6 nitrogen and oxygen atoms in total. The topological polar surface area (TPSA) is 65.2 Å². The van der Waals surface area contributed by atoms with Crippen molar-refractivity contribution >= 4 is 33.6 Å². The summed E-state index contributed by atoms with van der Waals surface area (Å²) in [6.45, 7) is 3.06. The first-order valence-corrected chi connectivity index (χ1v) is 10.4. The molecule has 4 aromatic rings. The van der Waals surface area contributed by atoms with Crippen LogP contribution in [0.2, 0.25) is 0 Å². The summed E-state index contributed by atoms with van der Waals surface area (Å²) in [5.74, 6) is 1.47. The van der Waals surface area contributed by atoms with E-state index in [1.54, 1.807) is 39.5 Å². The summed E-state index contributed by atoms with van der Waals surface area (Å²) >= 11 is 0. The molecule has 0 aliphatic carbocycles. The predicted molar refractivity (Wildman–Crippen MR) is 129 cm³/mol. The summed E-state index contributed by atoms with van der Waals surface area (Å²) in [7, 11) is 4.65. The van der Waals surface area contributed by atoms with Crippen LogP contribution < -0.4 is 14.2 Å². The minimum absolute atomic E-state index is 0.375. The number of hydrogen-bond acceptors (Lipinski definition) is 5. The fourth-order valence-electron chi connectivity index (χ4n) is 4.11. The van der Waals surface area contributed by atoms with Crippen LogP contribution in [0.1, 0.15) is 18.1 Å². The second kappa shape index (κ2) is 9.06. The molecule has 164 valence electrons. The highest BCUT2D eigenvalue weighted by atomic mass is 16.5. The summed E-state index contributed by atoms with van der Waals surface area (Å²) in [4.78, 5) is 0. The highest BCUT2D eigenvalue weighted by molar-refractivity contribution is 6.12. The van der Waals surface area contributed by atoms with Crippen LogP contribution in [0.25, 0.3) is 27.9 Å². The Bertz CT molecular complexity index is 1310. The van der Waals surface area contributed by atoms with E-state index in [-0.39, 0.29) is 0 Å². The molecule has 0 amide bonds. The Morgan fingerprint density at radius 1 is 0.906 bits per heavy atom. The summed E-state index contributed by atoms with van der Waals surface area (Å²) in [6, 6.07) is 18.3. The number of rotatable bonds is 7. The van der Waals surface area contributed by atoms with Crippen molar-refractivity contribution in [2.45, 2.75) is 13.5 Å². The molecular formula is C26H26N2O4. The Kier molecular flexibility index (Phi) is 6.03. The molecule has 0 atom stereocenters. The van der Waals surface area contributed by atoms with Crippen LogP contribution in [0, 0.1) is 0 Å². The Morgan fingerprint density at radius 3 is 2.22 bits per heavy atom. The van der Waals surface area contributed by atoms with Crippen LogP contribution in [0.4, 0.5) is 0 Å². The van der Waals surface area contributed by atoms with Gasteiger partial charge >= 0.3 is 0 Å². The first kappa shape index (κ1) is 21.3. The molecule has 6 heteroatoms. The summed E-state index contributed by atoms with van der Waals surface area (Å²) in [5.41, 5.74) is 4.44. The first-order chi connectivity index (χ1) is 15.6. The lowest BCUT2D eigenvalue weighted by Crippen LogP contribution is -2.01. The van der Waals surface area contributed by atoms with Gasteiger partial charge in [-0.1, -0.05) is 35.5 Å². The molecule has 0 bridgehead atoms. The highest BCUT2D eigenvalue weighted by Gasteiger charge is 2.15. The predicted octanol–water partition coefficient (Wildman–Crippen LogP) is 5.73. The Balaban J connectivity index is 1.74. The fourth-order valence-corrected chi connectivity index (χ4v) is 4.11. The lowest BCUT2D eigenvalue weighted by atomic mass is 10.1. The number of allylic oxidation sites excluding steroid dienone is 1. The number of hydrogen-bond donors (Lipinski definition) is 1. The normalized spacial score (nSPS) is 12.1. The maximum atomic E-state index is 9.68. The first-order valence-electron chi connectivity index (χ1n) is 10.4. The number of nitrogens with zero attached hydrogens (tertiary/aromatic N) is 2. The number of oxime groups is 1. The molecule has 0 saturated carbocycles. The van der Waals surface area contributed by atoms with Gasteiger partial charge in [0, 0.05) is 33.9 Å². The highest BCUT2D eigenvalue weighted by Crippen LogP contribution is 2.38. The number of para-hydroxylation sites is 1. The van der Waals surface area contributed by atoms with Gasteiger partial charge in [-0.15, -0.1) is 0 Å². The van der Waals surface area contributed by atoms with Gasteiger partial charge in [-0.2, -0.15) is 0 Å². The standard InChI is InChI=1S/C26H26N2O4/c1-5-28-22-9-7-6-8-19(22)20-14-17(11-13-23(20)28)10-12-21(27-29)18-15-24(30-2)26(32-4)25(16-18)31-3/h6-16,29H,5H2,1-4H3/b12-10+,27-21+. The van der Waals surface area contributed by atoms with Gasteiger partial charge in [-0.05, 0) is 48.9 Å². The third-order valence-electron chi connectivity index (χ3n) is 5.61. The maximum absolute atomic E-state index is 9.68. The van der Waals surface area contributed by atoms with Crippen LogP contribution in [0.15, 0.2) is 65.8 Å². The zero-order chi connectivity index (χ0) is 22.7. The summed E-state index contributed by atoms with van der Waals surface area (Å²) in [6.07, 6.45) is 3.69. The average molecular weight is 431 g/mol. The molecule has 0 aliphatic rings. The smallest absolute Gasteiger partial charge is 0.203 e. The molecule has 1 heterocycles. The summed E-state index contributed by atoms with van der Waals surface area (Å²) in [5, 5.41) is 15.6. The Morgan fingerprint density at radius 2 is 1.59 bits per heavy atom. The van der Waals surface area contributed by atoms with E-state index in [9.17, 15) is 5.21 Å². The molecule has 0 fully saturated rings. The monoisotopic (exact) mass is 430 g/mol. The Hall–Kier alpha value is -3.93. The number of ether oxygens (including phenoxy) is 3. The number of aryl methyl sites for hydroxylation is 1. The number of aromatic nitrogens is 1. The van der Waals surface area contributed by atoms with E-state index < -0.39 is 0 Å². The van der Waals surface area contributed by atoms with Gasteiger partial charge in [-0.25, -0.2) is 0 Å². The molecule has 0 radical (unpaired) electrons. The van der Waals surface area contributed by atoms with Crippen molar-refractivity contribution in [1.29, 1.82) is 0 Å². The largest absolute Gasteiger partial charge is 0.493 e. The number of methoxy groups -OCH3 is 3. The van der Waals surface area contributed by atoms with Crippen LogP contribution in [0.3, 0.4) is 0 Å². The van der Waals surface area contributed by atoms with Gasteiger partial charge in [0.15, 0.2) is 11.5 Å². The fraction of sp³-hybridized carbons (Fsp3) is 0.192. The molecule has 4 rings (SSSR count). The second-order valence-corrected chi connectivity index (χ2v) is 7.27. The van der Waals surface area contributed by atoms with Crippen LogP contribution in [0.5, 0.6) is 17.2 Å². The molecule has 0 unspecified atom stereocenters. The zero-order valence-electron chi connectivity index (χ0n) is 18.6. The molecule has 3 aromatic carbocycles. The van der Waals surface area contributed by atoms with Gasteiger partial charge in [-0.3, -0.25) is 0 Å². The summed E-state index contributed by atoms with van der Waals surface area (Å²) < 4.78 is 18.5. The van der Waals surface area contributed by atoms with Gasteiger partial charge in [0.1, 0.15) is 5.71 Å². The second-order valence-electron chi connectivity index (χ2n) is 7.27. The van der Waals surface area contributed by atoms with Crippen LogP contribution in [-0.2, 0) is 6.54 Å². The number of benzene rings is 3. The molecule has 32 heavy (non-hydrogen) atoms. The lowest BCUT2D eigenvalue weighted by Gasteiger charge is -2.13. The van der Waals surface area contributed by atoms with E-state index in [1.807, 2.05) is 6.08 Å². The van der Waals surface area contributed by atoms with E-state index >= 15 is 0 Å². The quantitative estimate of drug-likeness (QED) is 0.231. The SMILES string of the molecule is CCn1c2ccccc2c2cc(/C=C/C(=N\O)c3cc(OC)c(OC)c(OC)c3)ccc21. The maximum Gasteiger partial charge on any atom is 0.203 e. The van der Waals surface area contributed by atoms with Crippen molar-refractivity contribution in [3.05, 3.63) is 71.8 Å². The van der Waals surface area contributed by atoms with E-state index in [2.05, 4.69) is 59.1 Å². The van der Waals surface area contributed by atoms with Gasteiger partial charge in [0.25, 0.3) is 0 Å². The minimum Gasteiger partial charge on any atom is -0.493 e. The molecule has 0 spiro atoms. The van der Waals surface area contributed by atoms with Crippen molar-refractivity contribution in [3.63, 3.8) is 0 Å². The lowest BCUT2D eigenvalue weighted by molar-refractivity contribution is 0.319. The van der Waals surface area contributed by atoms with Crippen molar-refractivity contribution in [1.82, 2.24) is 4.57 Å². The average Bonchev–Trinajstić information content (AvgIpc) is 3.16. The van der Waals surface area contributed by atoms with Gasteiger partial charge < -0.3 is 24.0 Å². The van der Waals surface area contributed by atoms with Crippen molar-refractivity contribution in [2.24, 2.45) is 5.16 Å². The van der Waals surface area contributed by atoms with Crippen LogP contribution >= 0.6 is 0 Å². The van der Waals surface area contributed by atoms with Crippen molar-refractivity contribution in [2.75, 3.05) is 21.3 Å². The van der Waals surface area contributed by atoms with E-state index in [1.165, 1.54) is 21.8 Å². The Labute approximate surface area is 186 Å². The zero-order valence-corrected chi connectivity index (χ0v) is 18.6. The molecule has 1 aromatic heterocycles. The van der Waals surface area contributed by atoms with Gasteiger partial charge in [0.2, 0.25) is 5.75 Å². The third-order valence-corrected chi connectivity index (χ3v) is 5.61. The minimum atomic E-state index is 0.375. The number of fused-ring (bicyclic) bond motifs is 3. The van der Waals surface area contributed by atoms with Crippen LogP contribution in [-0.4, -0.2) is 36.8 Å².